The van der Waals surface area contributed by atoms with Gasteiger partial charge in [0, 0.05) is 32.7 Å². The summed E-state index contributed by atoms with van der Waals surface area (Å²) < 4.78 is 31.9. The normalized spacial score (nSPS) is 11.9. The maximum atomic E-state index is 12.3. The van der Waals surface area contributed by atoms with Crippen LogP contribution in [-0.2, 0) is 21.5 Å². The van der Waals surface area contributed by atoms with Crippen LogP contribution in [0.25, 0.3) is 0 Å². The Bertz CT molecular complexity index is 588. The standard InChI is InChI=1S/C13H20N2O5S/c1-14(9-8-13(16)17)21(18,19)15(2)10-11-6-4-5-7-12(11)20-3/h4-7H,8-10H2,1-3H3,(H,16,17). The molecule has 0 aromatic heterocycles. The highest BCUT2D eigenvalue weighted by atomic mass is 32.2. The van der Waals surface area contributed by atoms with Gasteiger partial charge in [-0.25, -0.2) is 0 Å². The molecule has 0 fully saturated rings. The molecule has 0 saturated carbocycles. The van der Waals surface area contributed by atoms with E-state index in [-0.39, 0.29) is 19.5 Å². The Labute approximate surface area is 124 Å². The first-order valence-electron chi connectivity index (χ1n) is 6.30. The first-order chi connectivity index (χ1) is 9.78. The summed E-state index contributed by atoms with van der Waals surface area (Å²) in [5, 5.41) is 8.62. The molecule has 0 unspecified atom stereocenters. The third kappa shape index (κ3) is 4.69. The van der Waals surface area contributed by atoms with Crippen molar-refractivity contribution in [2.45, 2.75) is 13.0 Å². The molecule has 0 aliphatic carbocycles. The van der Waals surface area contributed by atoms with Crippen molar-refractivity contribution in [2.24, 2.45) is 0 Å². The largest absolute Gasteiger partial charge is 0.496 e. The minimum Gasteiger partial charge on any atom is -0.496 e. The Balaban J connectivity index is 2.81. The van der Waals surface area contributed by atoms with Crippen molar-refractivity contribution >= 4 is 16.2 Å². The highest BCUT2D eigenvalue weighted by Crippen LogP contribution is 2.20. The van der Waals surface area contributed by atoms with Gasteiger partial charge in [0.1, 0.15) is 5.75 Å². The maximum Gasteiger partial charge on any atom is 0.304 e. The van der Waals surface area contributed by atoms with E-state index in [0.717, 1.165) is 14.2 Å². The molecule has 0 bridgehead atoms. The number of ether oxygens (including phenoxy) is 1. The summed E-state index contributed by atoms with van der Waals surface area (Å²) >= 11 is 0. The number of aliphatic carboxylic acids is 1. The van der Waals surface area contributed by atoms with Crippen LogP contribution in [0.5, 0.6) is 5.75 Å². The van der Waals surface area contributed by atoms with Gasteiger partial charge in [0.25, 0.3) is 10.2 Å². The molecule has 0 aliphatic heterocycles. The van der Waals surface area contributed by atoms with Crippen LogP contribution in [0.2, 0.25) is 0 Å². The van der Waals surface area contributed by atoms with Gasteiger partial charge in [-0.1, -0.05) is 18.2 Å². The van der Waals surface area contributed by atoms with Crippen molar-refractivity contribution < 1.29 is 23.1 Å². The van der Waals surface area contributed by atoms with E-state index < -0.39 is 16.2 Å². The molecule has 1 aromatic rings. The summed E-state index contributed by atoms with van der Waals surface area (Å²) in [6.07, 6.45) is -0.238. The molecule has 118 valence electrons. The second-order valence-corrected chi connectivity index (χ2v) is 6.68. The van der Waals surface area contributed by atoms with E-state index >= 15 is 0 Å². The summed E-state index contributed by atoms with van der Waals surface area (Å²) in [4.78, 5) is 10.5. The van der Waals surface area contributed by atoms with Crippen molar-refractivity contribution in [3.05, 3.63) is 29.8 Å². The maximum absolute atomic E-state index is 12.3. The lowest BCUT2D eigenvalue weighted by Crippen LogP contribution is -2.40. The average Bonchev–Trinajstić information content (AvgIpc) is 2.44. The Morgan fingerprint density at radius 2 is 1.86 bits per heavy atom. The van der Waals surface area contributed by atoms with Crippen molar-refractivity contribution in [1.82, 2.24) is 8.61 Å². The lowest BCUT2D eigenvalue weighted by molar-refractivity contribution is -0.137. The number of rotatable bonds is 8. The summed E-state index contributed by atoms with van der Waals surface area (Å²) in [7, 11) is 0.612. The van der Waals surface area contributed by atoms with Crippen molar-refractivity contribution in [3.8, 4) is 5.75 Å². The van der Waals surface area contributed by atoms with Gasteiger partial charge in [-0.05, 0) is 6.07 Å². The first-order valence-corrected chi connectivity index (χ1v) is 7.70. The van der Waals surface area contributed by atoms with Gasteiger partial charge >= 0.3 is 5.97 Å². The molecular weight excluding hydrogens is 296 g/mol. The second-order valence-electron chi connectivity index (χ2n) is 4.54. The Kier molecular flexibility index (Phi) is 6.13. The summed E-state index contributed by atoms with van der Waals surface area (Å²) in [6.45, 7) is 0.0672. The smallest absolute Gasteiger partial charge is 0.304 e. The molecule has 0 atom stereocenters. The van der Waals surface area contributed by atoms with Crippen LogP contribution in [0, 0.1) is 0 Å². The summed E-state index contributed by atoms with van der Waals surface area (Å²) in [5.74, 6) is -0.433. The molecule has 0 amide bonds. The van der Waals surface area contributed by atoms with Crippen LogP contribution in [-0.4, -0.2) is 55.9 Å². The predicted octanol–water partition coefficient (Wildman–Crippen LogP) is 0.778. The number of benzene rings is 1. The second kappa shape index (κ2) is 7.39. The number of hydrogen-bond acceptors (Lipinski definition) is 4. The van der Waals surface area contributed by atoms with Gasteiger partial charge in [-0.15, -0.1) is 0 Å². The Morgan fingerprint density at radius 3 is 2.43 bits per heavy atom. The lowest BCUT2D eigenvalue weighted by Gasteiger charge is -2.24. The zero-order chi connectivity index (χ0) is 16.0. The van der Waals surface area contributed by atoms with E-state index in [9.17, 15) is 13.2 Å². The van der Waals surface area contributed by atoms with Crippen molar-refractivity contribution in [2.75, 3.05) is 27.7 Å². The van der Waals surface area contributed by atoms with Crippen LogP contribution in [0.4, 0.5) is 0 Å². The highest BCUT2D eigenvalue weighted by Gasteiger charge is 2.24. The van der Waals surface area contributed by atoms with Gasteiger partial charge < -0.3 is 9.84 Å². The van der Waals surface area contributed by atoms with Crippen LogP contribution >= 0.6 is 0 Å². The SMILES string of the molecule is COc1ccccc1CN(C)S(=O)(=O)N(C)CCC(=O)O. The molecule has 1 N–H and O–H groups in total. The van der Waals surface area contributed by atoms with Crippen molar-refractivity contribution in [3.63, 3.8) is 0 Å². The number of para-hydroxylation sites is 1. The van der Waals surface area contributed by atoms with E-state index in [1.54, 1.807) is 24.3 Å². The zero-order valence-corrected chi connectivity index (χ0v) is 13.1. The Hall–Kier alpha value is -1.64. The van der Waals surface area contributed by atoms with Gasteiger partial charge in [0.15, 0.2) is 0 Å². The number of hydrogen-bond donors (Lipinski definition) is 1. The van der Waals surface area contributed by atoms with E-state index in [1.165, 1.54) is 21.2 Å². The van der Waals surface area contributed by atoms with Crippen LogP contribution in [0.1, 0.15) is 12.0 Å². The molecule has 0 aliphatic rings. The van der Waals surface area contributed by atoms with E-state index in [0.29, 0.717) is 5.75 Å². The zero-order valence-electron chi connectivity index (χ0n) is 12.3. The fourth-order valence-corrected chi connectivity index (χ4v) is 2.86. The number of carboxylic acids is 1. The van der Waals surface area contributed by atoms with Gasteiger partial charge in [-0.3, -0.25) is 4.79 Å². The molecule has 8 heteroatoms. The minimum atomic E-state index is -3.71. The molecule has 0 heterocycles. The Morgan fingerprint density at radius 1 is 1.24 bits per heavy atom. The number of nitrogens with zero attached hydrogens (tertiary/aromatic N) is 2. The van der Waals surface area contributed by atoms with Crippen LogP contribution < -0.4 is 4.74 Å². The highest BCUT2D eigenvalue weighted by molar-refractivity contribution is 7.86. The fourth-order valence-electron chi connectivity index (χ4n) is 1.76. The fraction of sp³-hybridized carbons (Fsp3) is 0.462. The predicted molar refractivity (Wildman–Crippen MR) is 78.3 cm³/mol. The minimum absolute atomic E-state index is 0.0755. The van der Waals surface area contributed by atoms with E-state index in [2.05, 4.69) is 0 Å². The first kappa shape index (κ1) is 17.4. The van der Waals surface area contributed by atoms with Crippen LogP contribution in [0.15, 0.2) is 24.3 Å². The third-order valence-electron chi connectivity index (χ3n) is 3.01. The molecule has 7 nitrogen and oxygen atoms in total. The number of carboxylic acid groups (broad SMARTS) is 1. The van der Waals surface area contributed by atoms with Gasteiger partial charge in [0.05, 0.1) is 13.5 Å². The van der Waals surface area contributed by atoms with Gasteiger partial charge in [0.2, 0.25) is 0 Å². The molecule has 21 heavy (non-hydrogen) atoms. The topological polar surface area (TPSA) is 87.2 Å². The molecule has 0 spiro atoms. The summed E-state index contributed by atoms with van der Waals surface area (Å²) in [6, 6.07) is 7.13. The van der Waals surface area contributed by atoms with Crippen molar-refractivity contribution in [1.29, 1.82) is 0 Å². The number of methoxy groups -OCH3 is 1. The monoisotopic (exact) mass is 316 g/mol. The lowest BCUT2D eigenvalue weighted by atomic mass is 10.2. The van der Waals surface area contributed by atoms with Gasteiger partial charge in [-0.2, -0.15) is 17.0 Å². The quantitative estimate of drug-likeness (QED) is 0.766. The van der Waals surface area contributed by atoms with E-state index in [4.69, 9.17) is 9.84 Å². The molecule has 0 radical (unpaired) electrons. The molecule has 0 saturated heterocycles. The van der Waals surface area contributed by atoms with E-state index in [1.807, 2.05) is 0 Å². The van der Waals surface area contributed by atoms with Crippen LogP contribution in [0.3, 0.4) is 0 Å². The summed E-state index contributed by atoms with van der Waals surface area (Å²) in [5.41, 5.74) is 0.734. The number of carbonyl (C=O) groups is 1. The third-order valence-corrected chi connectivity index (χ3v) is 4.90. The molecular formula is C13H20N2O5S. The molecule has 1 rings (SSSR count). The average molecular weight is 316 g/mol. The molecule has 1 aromatic carbocycles.